The van der Waals surface area contributed by atoms with Crippen LogP contribution in [0.2, 0.25) is 0 Å². The van der Waals surface area contributed by atoms with Gasteiger partial charge in [0.05, 0.1) is 0 Å². The molecule has 0 saturated heterocycles. The molecule has 0 aromatic heterocycles. The maximum Gasteiger partial charge on any atom is 0.249 e. The Morgan fingerprint density at radius 1 is 1.64 bits per heavy atom. The van der Waals surface area contributed by atoms with E-state index < -0.39 is 11.5 Å². The molecule has 0 fully saturated rings. The number of ether oxygens (including phenoxy) is 1. The predicted octanol–water partition coefficient (Wildman–Crippen LogP) is 2.43. The summed E-state index contributed by atoms with van der Waals surface area (Å²) >= 11 is 9.09. The molecule has 0 aliphatic heterocycles. The topological polar surface area (TPSA) is 52.3 Å². The molecule has 1 aromatic rings. The lowest BCUT2D eigenvalue weighted by Crippen LogP contribution is -2.14. The van der Waals surface area contributed by atoms with Crippen LogP contribution in [0.4, 0.5) is 0 Å². The van der Waals surface area contributed by atoms with Gasteiger partial charge in [-0.2, -0.15) is 0 Å². The maximum atomic E-state index is 11.1. The normalized spacial score (nSPS) is 12.5. The molecule has 0 saturated carbocycles. The van der Waals surface area contributed by atoms with Gasteiger partial charge in [-0.05, 0) is 12.1 Å². The minimum absolute atomic E-state index is 0.362. The summed E-state index contributed by atoms with van der Waals surface area (Å²) in [7, 11) is 1.46. The number of methoxy groups -OCH3 is 1. The van der Waals surface area contributed by atoms with E-state index in [4.69, 9.17) is 22.1 Å². The Kier molecular flexibility index (Phi) is 3.92. The Hall–Kier alpha value is -0.580. The monoisotopic (exact) mass is 277 g/mol. The van der Waals surface area contributed by atoms with E-state index in [0.717, 1.165) is 4.47 Å². The van der Waals surface area contributed by atoms with E-state index in [1.165, 1.54) is 7.11 Å². The standard InChI is InChI=1S/C9H9BrClNO2/c1-14-8(11)6-3-2-5(10)4-7(6)9(12)13/h2-4,8H,1H3,(H2,12,13). The molecule has 0 aliphatic carbocycles. The maximum absolute atomic E-state index is 11.1. The van der Waals surface area contributed by atoms with Crippen molar-refractivity contribution in [1.29, 1.82) is 0 Å². The first kappa shape index (κ1) is 11.5. The summed E-state index contributed by atoms with van der Waals surface area (Å²) in [5.74, 6) is -0.524. The molecule has 1 aromatic carbocycles. The molecular weight excluding hydrogens is 269 g/mol. The molecule has 0 bridgehead atoms. The van der Waals surface area contributed by atoms with Crippen LogP contribution in [0.5, 0.6) is 0 Å². The number of rotatable bonds is 3. The molecule has 5 heteroatoms. The van der Waals surface area contributed by atoms with Gasteiger partial charge in [0, 0.05) is 22.7 Å². The number of alkyl halides is 1. The van der Waals surface area contributed by atoms with E-state index in [-0.39, 0.29) is 0 Å². The lowest BCUT2D eigenvalue weighted by Gasteiger charge is -2.11. The van der Waals surface area contributed by atoms with Crippen LogP contribution in [0.25, 0.3) is 0 Å². The summed E-state index contributed by atoms with van der Waals surface area (Å²) in [6.07, 6.45) is 0. The van der Waals surface area contributed by atoms with Crippen LogP contribution in [0.3, 0.4) is 0 Å². The van der Waals surface area contributed by atoms with Gasteiger partial charge in [0.15, 0.2) is 5.56 Å². The molecular formula is C9H9BrClNO2. The van der Waals surface area contributed by atoms with Gasteiger partial charge < -0.3 is 10.5 Å². The van der Waals surface area contributed by atoms with Gasteiger partial charge >= 0.3 is 0 Å². The van der Waals surface area contributed by atoms with Crippen molar-refractivity contribution < 1.29 is 9.53 Å². The van der Waals surface area contributed by atoms with Crippen LogP contribution in [0.15, 0.2) is 22.7 Å². The molecule has 1 unspecified atom stereocenters. The Morgan fingerprint density at radius 3 is 2.79 bits per heavy atom. The Bertz CT molecular complexity index is 357. The van der Waals surface area contributed by atoms with Crippen LogP contribution >= 0.6 is 27.5 Å². The van der Waals surface area contributed by atoms with Crippen molar-refractivity contribution in [2.75, 3.05) is 7.11 Å². The van der Waals surface area contributed by atoms with E-state index in [1.807, 2.05) is 0 Å². The van der Waals surface area contributed by atoms with Gasteiger partial charge in [-0.1, -0.05) is 33.6 Å². The largest absolute Gasteiger partial charge is 0.366 e. The smallest absolute Gasteiger partial charge is 0.249 e. The quantitative estimate of drug-likeness (QED) is 0.863. The summed E-state index contributed by atoms with van der Waals surface area (Å²) in [4.78, 5) is 11.1. The molecule has 76 valence electrons. The number of primary amides is 1. The second-order valence-corrected chi connectivity index (χ2v) is 3.96. The van der Waals surface area contributed by atoms with E-state index in [1.54, 1.807) is 18.2 Å². The second-order valence-electron chi connectivity index (χ2n) is 2.65. The number of halogens is 2. The average molecular weight is 279 g/mol. The Labute approximate surface area is 95.3 Å². The van der Waals surface area contributed by atoms with Crippen molar-refractivity contribution in [3.05, 3.63) is 33.8 Å². The molecule has 0 radical (unpaired) electrons. The lowest BCUT2D eigenvalue weighted by molar-refractivity contribution is 0.0994. The predicted molar refractivity (Wildman–Crippen MR) is 58.3 cm³/mol. The highest BCUT2D eigenvalue weighted by molar-refractivity contribution is 9.10. The van der Waals surface area contributed by atoms with E-state index in [0.29, 0.717) is 11.1 Å². The van der Waals surface area contributed by atoms with E-state index in [2.05, 4.69) is 15.9 Å². The molecule has 14 heavy (non-hydrogen) atoms. The van der Waals surface area contributed by atoms with Crippen molar-refractivity contribution in [3.8, 4) is 0 Å². The second kappa shape index (κ2) is 4.77. The van der Waals surface area contributed by atoms with Crippen LogP contribution in [0.1, 0.15) is 21.5 Å². The van der Waals surface area contributed by atoms with Gasteiger partial charge in [-0.3, -0.25) is 4.79 Å². The highest BCUT2D eigenvalue weighted by atomic mass is 79.9. The highest BCUT2D eigenvalue weighted by Crippen LogP contribution is 2.26. The molecule has 0 spiro atoms. The van der Waals surface area contributed by atoms with Crippen LogP contribution in [-0.4, -0.2) is 13.0 Å². The van der Waals surface area contributed by atoms with Gasteiger partial charge in [0.25, 0.3) is 0 Å². The van der Waals surface area contributed by atoms with Gasteiger partial charge in [0.1, 0.15) is 0 Å². The van der Waals surface area contributed by atoms with Gasteiger partial charge in [0.2, 0.25) is 5.91 Å². The average Bonchev–Trinajstić information content (AvgIpc) is 2.16. The fourth-order valence-electron chi connectivity index (χ4n) is 1.07. The minimum atomic E-state index is -0.661. The van der Waals surface area contributed by atoms with Crippen LogP contribution in [0, 0.1) is 0 Å². The zero-order valence-corrected chi connectivity index (χ0v) is 9.80. The Balaban J connectivity index is 3.21. The zero-order valence-electron chi connectivity index (χ0n) is 7.46. The Morgan fingerprint density at radius 2 is 2.29 bits per heavy atom. The van der Waals surface area contributed by atoms with E-state index >= 15 is 0 Å². The number of amides is 1. The molecule has 0 heterocycles. The molecule has 1 atom stereocenters. The molecule has 1 rings (SSSR count). The number of hydrogen-bond acceptors (Lipinski definition) is 2. The summed E-state index contributed by atoms with van der Waals surface area (Å²) < 4.78 is 5.68. The molecule has 0 aliphatic rings. The first-order valence-electron chi connectivity index (χ1n) is 3.82. The number of carbonyl (C=O) groups is 1. The SMILES string of the molecule is COC(Cl)c1ccc(Br)cc1C(N)=O. The van der Waals surface area contributed by atoms with Crippen LogP contribution < -0.4 is 5.73 Å². The van der Waals surface area contributed by atoms with Crippen LogP contribution in [-0.2, 0) is 4.74 Å². The lowest BCUT2D eigenvalue weighted by atomic mass is 10.1. The summed E-state index contributed by atoms with van der Waals surface area (Å²) in [6.45, 7) is 0. The third-order valence-electron chi connectivity index (χ3n) is 1.73. The fraction of sp³-hybridized carbons (Fsp3) is 0.222. The van der Waals surface area contributed by atoms with Crippen molar-refractivity contribution >= 4 is 33.4 Å². The number of nitrogens with two attached hydrogens (primary N) is 1. The molecule has 3 nitrogen and oxygen atoms in total. The summed E-state index contributed by atoms with van der Waals surface area (Å²) in [5, 5.41) is 0. The van der Waals surface area contributed by atoms with Crippen molar-refractivity contribution in [3.63, 3.8) is 0 Å². The first-order chi connectivity index (χ1) is 6.56. The van der Waals surface area contributed by atoms with Crippen molar-refractivity contribution in [2.24, 2.45) is 5.73 Å². The number of hydrogen-bond donors (Lipinski definition) is 1. The highest BCUT2D eigenvalue weighted by Gasteiger charge is 2.15. The third kappa shape index (κ3) is 2.47. The van der Waals surface area contributed by atoms with Crippen molar-refractivity contribution in [1.82, 2.24) is 0 Å². The number of benzene rings is 1. The minimum Gasteiger partial charge on any atom is -0.366 e. The van der Waals surface area contributed by atoms with Crippen molar-refractivity contribution in [2.45, 2.75) is 5.56 Å². The first-order valence-corrected chi connectivity index (χ1v) is 5.05. The summed E-state index contributed by atoms with van der Waals surface area (Å²) in [6, 6.07) is 5.09. The zero-order chi connectivity index (χ0) is 10.7. The fourth-order valence-corrected chi connectivity index (χ4v) is 1.62. The van der Waals surface area contributed by atoms with Gasteiger partial charge in [-0.15, -0.1) is 0 Å². The molecule has 2 N–H and O–H groups in total. The third-order valence-corrected chi connectivity index (χ3v) is 2.64. The van der Waals surface area contributed by atoms with E-state index in [9.17, 15) is 4.79 Å². The van der Waals surface area contributed by atoms with Gasteiger partial charge in [-0.25, -0.2) is 0 Å². The number of carbonyl (C=O) groups excluding carboxylic acids is 1. The molecule has 1 amide bonds. The summed E-state index contributed by atoms with van der Waals surface area (Å²) in [5.41, 5.74) is 5.48.